The second-order valence-electron chi connectivity index (χ2n) is 4.60. The van der Waals surface area contributed by atoms with Crippen molar-refractivity contribution in [3.05, 3.63) is 50.7 Å². The first-order valence-corrected chi connectivity index (χ1v) is 7.53. The van der Waals surface area contributed by atoms with E-state index in [2.05, 4.69) is 13.0 Å². The second-order valence-corrected chi connectivity index (χ2v) is 6.29. The number of carbonyl (C=O) groups is 2. The van der Waals surface area contributed by atoms with Gasteiger partial charge in [0.2, 0.25) is 0 Å². The van der Waals surface area contributed by atoms with Crippen LogP contribution in [0.4, 0.5) is 5.69 Å². The number of anilines is 1. The van der Waals surface area contributed by atoms with E-state index in [1.54, 1.807) is 29.5 Å². The van der Waals surface area contributed by atoms with Gasteiger partial charge in [-0.1, -0.05) is 18.5 Å². The Bertz CT molecular complexity index is 708. The molecule has 0 radical (unpaired) electrons. The van der Waals surface area contributed by atoms with Crippen molar-refractivity contribution in [2.75, 3.05) is 4.90 Å². The van der Waals surface area contributed by atoms with Gasteiger partial charge in [-0.3, -0.25) is 14.5 Å². The average Bonchev–Trinajstić information content (AvgIpc) is 2.98. The van der Waals surface area contributed by atoms with E-state index in [0.29, 0.717) is 22.8 Å². The zero-order valence-corrected chi connectivity index (χ0v) is 12.4. The molecule has 0 saturated carbocycles. The molecule has 0 unspecified atom stereocenters. The first kappa shape index (κ1) is 13.3. The maximum atomic E-state index is 12.1. The predicted octanol–water partition coefficient (Wildman–Crippen LogP) is 3.69. The number of aryl methyl sites for hydroxylation is 1. The minimum atomic E-state index is -0.478. The van der Waals surface area contributed by atoms with E-state index in [1.165, 1.54) is 9.78 Å². The van der Waals surface area contributed by atoms with Crippen LogP contribution < -0.4 is 4.90 Å². The fraction of sp³-hybridized carbons (Fsp3) is 0.200. The molecule has 1 aliphatic heterocycles. The number of Topliss-reactive ketones (excluding diaryl/α,β-unsaturated/α-hetero) is 1. The highest BCUT2D eigenvalue weighted by molar-refractivity contribution is 7.12. The molecule has 0 spiro atoms. The number of thiophene rings is 1. The number of benzene rings is 1. The number of amides is 1. The Morgan fingerprint density at radius 1 is 1.15 bits per heavy atom. The Balaban J connectivity index is 1.96. The van der Waals surface area contributed by atoms with Crippen LogP contribution in [0.1, 0.15) is 27.0 Å². The summed E-state index contributed by atoms with van der Waals surface area (Å²) in [4.78, 5) is 27.9. The number of nitrogens with zero attached hydrogens (tertiary/aromatic N) is 1. The van der Waals surface area contributed by atoms with Gasteiger partial charge in [0.25, 0.3) is 11.7 Å². The third-order valence-corrected chi connectivity index (χ3v) is 4.76. The summed E-state index contributed by atoms with van der Waals surface area (Å²) in [7, 11) is 0. The van der Waals surface area contributed by atoms with Crippen molar-refractivity contribution in [3.63, 3.8) is 0 Å². The van der Waals surface area contributed by atoms with Gasteiger partial charge in [-0.2, -0.15) is 0 Å². The summed E-state index contributed by atoms with van der Waals surface area (Å²) in [5.41, 5.74) is 1.05. The van der Waals surface area contributed by atoms with Crippen molar-refractivity contribution < 1.29 is 9.59 Å². The SMILES string of the molecule is CCc1ccc(CN2C(=O)C(=O)c3ccc(Cl)cc32)s1. The van der Waals surface area contributed by atoms with Gasteiger partial charge in [0.15, 0.2) is 0 Å². The topological polar surface area (TPSA) is 37.4 Å². The number of hydrogen-bond donors (Lipinski definition) is 0. The molecule has 5 heteroatoms. The molecule has 2 aromatic rings. The number of halogens is 1. The van der Waals surface area contributed by atoms with Crippen molar-refractivity contribution in [1.29, 1.82) is 0 Å². The van der Waals surface area contributed by atoms with E-state index >= 15 is 0 Å². The molecule has 1 amide bonds. The molecule has 3 nitrogen and oxygen atoms in total. The molecule has 1 aromatic carbocycles. The summed E-state index contributed by atoms with van der Waals surface area (Å²) < 4.78 is 0. The molecule has 0 bridgehead atoms. The molecule has 20 heavy (non-hydrogen) atoms. The fourth-order valence-electron chi connectivity index (χ4n) is 2.28. The van der Waals surface area contributed by atoms with Crippen LogP contribution in [0.25, 0.3) is 0 Å². The number of carbonyl (C=O) groups excluding carboxylic acids is 2. The minimum absolute atomic E-state index is 0.419. The normalized spacial score (nSPS) is 14.0. The van der Waals surface area contributed by atoms with Gasteiger partial charge >= 0.3 is 0 Å². The van der Waals surface area contributed by atoms with Crippen molar-refractivity contribution in [2.24, 2.45) is 0 Å². The predicted molar refractivity (Wildman–Crippen MR) is 80.7 cm³/mol. The van der Waals surface area contributed by atoms with Gasteiger partial charge in [0, 0.05) is 14.8 Å². The van der Waals surface area contributed by atoms with Crippen LogP contribution in [0.2, 0.25) is 5.02 Å². The Hall–Kier alpha value is -1.65. The molecular formula is C15H12ClNO2S. The van der Waals surface area contributed by atoms with Gasteiger partial charge in [-0.25, -0.2) is 0 Å². The number of hydrogen-bond acceptors (Lipinski definition) is 3. The second kappa shape index (κ2) is 5.04. The van der Waals surface area contributed by atoms with Crippen molar-refractivity contribution in [1.82, 2.24) is 0 Å². The lowest BCUT2D eigenvalue weighted by Crippen LogP contribution is -2.28. The average molecular weight is 306 g/mol. The lowest BCUT2D eigenvalue weighted by molar-refractivity contribution is -0.114. The summed E-state index contributed by atoms with van der Waals surface area (Å²) in [5.74, 6) is -0.933. The molecule has 3 rings (SSSR count). The number of ketones is 1. The van der Waals surface area contributed by atoms with Crippen molar-refractivity contribution in [2.45, 2.75) is 19.9 Å². The largest absolute Gasteiger partial charge is 0.299 e. The molecular weight excluding hydrogens is 294 g/mol. The van der Waals surface area contributed by atoms with Crippen LogP contribution in [0.15, 0.2) is 30.3 Å². The molecule has 0 fully saturated rings. The van der Waals surface area contributed by atoms with E-state index in [1.807, 2.05) is 6.07 Å². The summed E-state index contributed by atoms with van der Waals surface area (Å²) in [6, 6.07) is 8.98. The van der Waals surface area contributed by atoms with Gasteiger partial charge in [-0.05, 0) is 36.8 Å². The Kier molecular flexibility index (Phi) is 3.36. The van der Waals surface area contributed by atoms with Crippen LogP contribution in [-0.2, 0) is 17.8 Å². The summed E-state index contributed by atoms with van der Waals surface area (Å²) in [5, 5.41) is 0.525. The zero-order chi connectivity index (χ0) is 14.3. The minimum Gasteiger partial charge on any atom is -0.299 e. The number of fused-ring (bicyclic) bond motifs is 1. The summed E-state index contributed by atoms with van der Waals surface area (Å²) in [6.45, 7) is 2.51. The van der Waals surface area contributed by atoms with Gasteiger partial charge in [0.05, 0.1) is 17.8 Å². The smallest absolute Gasteiger partial charge is 0.299 e. The van der Waals surface area contributed by atoms with Crippen LogP contribution >= 0.6 is 22.9 Å². The zero-order valence-electron chi connectivity index (χ0n) is 10.9. The van der Waals surface area contributed by atoms with Crippen LogP contribution in [0, 0.1) is 0 Å². The quantitative estimate of drug-likeness (QED) is 0.811. The van der Waals surface area contributed by atoms with Crippen LogP contribution in [0.5, 0.6) is 0 Å². The highest BCUT2D eigenvalue weighted by Gasteiger charge is 2.35. The van der Waals surface area contributed by atoms with E-state index in [4.69, 9.17) is 11.6 Å². The molecule has 1 aliphatic rings. The van der Waals surface area contributed by atoms with E-state index in [9.17, 15) is 9.59 Å². The fourth-order valence-corrected chi connectivity index (χ4v) is 3.39. The molecule has 102 valence electrons. The molecule has 0 N–H and O–H groups in total. The lowest BCUT2D eigenvalue weighted by Gasteiger charge is -2.15. The highest BCUT2D eigenvalue weighted by Crippen LogP contribution is 2.33. The van der Waals surface area contributed by atoms with E-state index in [0.717, 1.165) is 11.3 Å². The first-order chi connectivity index (χ1) is 9.60. The van der Waals surface area contributed by atoms with E-state index < -0.39 is 11.7 Å². The molecule has 1 aromatic heterocycles. The molecule has 0 aliphatic carbocycles. The standard InChI is InChI=1S/C15H12ClNO2S/c1-2-10-4-5-11(20-10)8-17-13-7-9(16)3-6-12(13)14(18)15(17)19/h3-7H,2,8H2,1H3. The summed E-state index contributed by atoms with van der Waals surface area (Å²) >= 11 is 7.63. The number of rotatable bonds is 3. The van der Waals surface area contributed by atoms with Gasteiger partial charge < -0.3 is 0 Å². The highest BCUT2D eigenvalue weighted by atomic mass is 35.5. The molecule has 0 saturated heterocycles. The lowest BCUT2D eigenvalue weighted by atomic mass is 10.1. The summed E-state index contributed by atoms with van der Waals surface area (Å²) in [6.07, 6.45) is 0.972. The van der Waals surface area contributed by atoms with Crippen LogP contribution in [0.3, 0.4) is 0 Å². The van der Waals surface area contributed by atoms with E-state index in [-0.39, 0.29) is 0 Å². The van der Waals surface area contributed by atoms with Crippen LogP contribution in [-0.4, -0.2) is 11.7 Å². The molecule has 2 heterocycles. The third-order valence-electron chi connectivity index (χ3n) is 3.31. The maximum Gasteiger partial charge on any atom is 0.299 e. The maximum absolute atomic E-state index is 12.1. The Morgan fingerprint density at radius 2 is 1.90 bits per heavy atom. The monoisotopic (exact) mass is 305 g/mol. The van der Waals surface area contributed by atoms with Gasteiger partial charge in [-0.15, -0.1) is 11.3 Å². The third kappa shape index (κ3) is 2.15. The van der Waals surface area contributed by atoms with Gasteiger partial charge in [0.1, 0.15) is 0 Å². The Morgan fingerprint density at radius 3 is 2.60 bits per heavy atom. The molecule has 0 atom stereocenters. The first-order valence-electron chi connectivity index (χ1n) is 6.33. The Labute approximate surface area is 125 Å². The van der Waals surface area contributed by atoms with Crippen molar-refractivity contribution in [3.8, 4) is 0 Å². The van der Waals surface area contributed by atoms with Crippen molar-refractivity contribution >= 4 is 40.3 Å².